The lowest BCUT2D eigenvalue weighted by molar-refractivity contribution is 0.274. The summed E-state index contributed by atoms with van der Waals surface area (Å²) in [5.41, 5.74) is 0. The Hall–Kier alpha value is 0.290. The van der Waals surface area contributed by atoms with Crippen LogP contribution in [0.25, 0.3) is 0 Å². The maximum atomic E-state index is 5.95. The first-order chi connectivity index (χ1) is 6.33. The summed E-state index contributed by atoms with van der Waals surface area (Å²) in [6.07, 6.45) is 8.81. The quantitative estimate of drug-likeness (QED) is 0.600. The van der Waals surface area contributed by atoms with Crippen molar-refractivity contribution in [1.29, 1.82) is 0 Å². The molecule has 2 bridgehead atoms. The van der Waals surface area contributed by atoms with Crippen molar-refractivity contribution >= 4 is 11.6 Å². The van der Waals surface area contributed by atoms with Crippen molar-refractivity contribution in [3.05, 3.63) is 0 Å². The molecule has 0 heterocycles. The number of alkyl halides is 1. The summed E-state index contributed by atoms with van der Waals surface area (Å²) in [5.74, 6) is 4.91. The molecule has 2 aliphatic rings. The third-order valence-corrected chi connectivity index (χ3v) is 4.75. The Balaban J connectivity index is 1.82. The van der Waals surface area contributed by atoms with E-state index in [0.29, 0.717) is 0 Å². The number of fused-ring (bicyclic) bond motifs is 2. The zero-order valence-electron chi connectivity index (χ0n) is 8.64. The van der Waals surface area contributed by atoms with Crippen LogP contribution in [0.15, 0.2) is 0 Å². The van der Waals surface area contributed by atoms with Crippen LogP contribution in [0, 0.1) is 23.7 Å². The Morgan fingerprint density at radius 1 is 1.31 bits per heavy atom. The highest BCUT2D eigenvalue weighted by Gasteiger charge is 2.39. The normalized spacial score (nSPS) is 39.7. The molecule has 0 nitrogen and oxygen atoms in total. The van der Waals surface area contributed by atoms with Crippen molar-refractivity contribution in [2.45, 2.75) is 45.4 Å². The van der Waals surface area contributed by atoms with E-state index >= 15 is 0 Å². The van der Waals surface area contributed by atoms with Gasteiger partial charge in [0.25, 0.3) is 0 Å². The second kappa shape index (κ2) is 4.21. The maximum absolute atomic E-state index is 5.95. The minimum absolute atomic E-state index is 0.797. The fraction of sp³-hybridized carbons (Fsp3) is 1.00. The second-order valence-electron chi connectivity index (χ2n) is 5.10. The molecule has 0 aliphatic heterocycles. The van der Waals surface area contributed by atoms with Gasteiger partial charge in [0.15, 0.2) is 0 Å². The molecule has 2 fully saturated rings. The fourth-order valence-corrected chi connectivity index (χ4v) is 3.78. The molecule has 0 aromatic rings. The largest absolute Gasteiger partial charge is 0.126 e. The van der Waals surface area contributed by atoms with E-state index in [1.807, 2.05) is 0 Å². The number of halogens is 1. The lowest BCUT2D eigenvalue weighted by Gasteiger charge is -2.24. The predicted octanol–water partition coefficient (Wildman–Crippen LogP) is 4.08. The molecule has 0 aromatic heterocycles. The Bertz CT molecular complexity index is 163. The molecule has 0 amide bonds. The van der Waals surface area contributed by atoms with Gasteiger partial charge in [0.05, 0.1) is 0 Å². The molecule has 0 saturated heterocycles. The van der Waals surface area contributed by atoms with Crippen LogP contribution < -0.4 is 0 Å². The van der Waals surface area contributed by atoms with E-state index in [1.54, 1.807) is 6.42 Å². The highest BCUT2D eigenvalue weighted by molar-refractivity contribution is 6.18. The maximum Gasteiger partial charge on any atom is 0.0251 e. The Labute approximate surface area is 87.0 Å². The molecule has 0 aromatic carbocycles. The van der Waals surface area contributed by atoms with Crippen LogP contribution in [0.4, 0.5) is 0 Å². The first kappa shape index (κ1) is 9.83. The summed E-state index contributed by atoms with van der Waals surface area (Å²) in [6.45, 7) is 2.28. The first-order valence-electron chi connectivity index (χ1n) is 5.89. The van der Waals surface area contributed by atoms with Crippen LogP contribution in [0.3, 0.4) is 0 Å². The summed E-state index contributed by atoms with van der Waals surface area (Å²) >= 11 is 5.95. The standard InChI is InChI=1S/C12H21Cl/c1-2-9(8-13)5-12-7-10-3-4-11(12)6-10/h9-12H,2-8H2,1H3. The Kier molecular flexibility index (Phi) is 3.18. The van der Waals surface area contributed by atoms with E-state index in [0.717, 1.165) is 29.6 Å². The van der Waals surface area contributed by atoms with Gasteiger partial charge in [0.2, 0.25) is 0 Å². The summed E-state index contributed by atoms with van der Waals surface area (Å²) < 4.78 is 0. The average Bonchev–Trinajstić information content (AvgIpc) is 2.75. The number of hydrogen-bond donors (Lipinski definition) is 0. The molecule has 0 radical (unpaired) electrons. The summed E-state index contributed by atoms with van der Waals surface area (Å²) in [7, 11) is 0. The van der Waals surface area contributed by atoms with Crippen LogP contribution in [0.1, 0.15) is 45.4 Å². The van der Waals surface area contributed by atoms with Gasteiger partial charge in [0.1, 0.15) is 0 Å². The summed E-state index contributed by atoms with van der Waals surface area (Å²) in [4.78, 5) is 0. The van der Waals surface area contributed by atoms with Gasteiger partial charge in [0, 0.05) is 5.88 Å². The van der Waals surface area contributed by atoms with Crippen molar-refractivity contribution in [1.82, 2.24) is 0 Å². The smallest absolute Gasteiger partial charge is 0.0251 e. The van der Waals surface area contributed by atoms with Gasteiger partial charge in [-0.2, -0.15) is 0 Å². The molecule has 0 N–H and O–H groups in total. The van der Waals surface area contributed by atoms with Crippen LogP contribution >= 0.6 is 11.6 Å². The number of hydrogen-bond acceptors (Lipinski definition) is 0. The van der Waals surface area contributed by atoms with E-state index in [9.17, 15) is 0 Å². The van der Waals surface area contributed by atoms with Crippen molar-refractivity contribution in [3.63, 3.8) is 0 Å². The molecule has 2 rings (SSSR count). The molecule has 4 unspecified atom stereocenters. The second-order valence-corrected chi connectivity index (χ2v) is 5.41. The summed E-state index contributed by atoms with van der Waals surface area (Å²) in [6, 6.07) is 0. The van der Waals surface area contributed by atoms with Crippen molar-refractivity contribution in [2.75, 3.05) is 5.88 Å². The molecule has 4 atom stereocenters. The third kappa shape index (κ3) is 2.03. The average molecular weight is 201 g/mol. The van der Waals surface area contributed by atoms with Gasteiger partial charge in [-0.3, -0.25) is 0 Å². The molecule has 2 saturated carbocycles. The van der Waals surface area contributed by atoms with E-state index in [2.05, 4.69) is 6.92 Å². The van der Waals surface area contributed by atoms with Gasteiger partial charge in [-0.05, 0) is 49.4 Å². The van der Waals surface area contributed by atoms with Crippen LogP contribution in [-0.2, 0) is 0 Å². The van der Waals surface area contributed by atoms with Crippen molar-refractivity contribution in [3.8, 4) is 0 Å². The topological polar surface area (TPSA) is 0 Å². The highest BCUT2D eigenvalue weighted by Crippen LogP contribution is 2.50. The van der Waals surface area contributed by atoms with E-state index in [4.69, 9.17) is 11.6 Å². The molecule has 13 heavy (non-hydrogen) atoms. The van der Waals surface area contributed by atoms with Crippen LogP contribution in [-0.4, -0.2) is 5.88 Å². The minimum atomic E-state index is 0.797. The van der Waals surface area contributed by atoms with Gasteiger partial charge >= 0.3 is 0 Å². The van der Waals surface area contributed by atoms with Gasteiger partial charge in [-0.25, -0.2) is 0 Å². The zero-order chi connectivity index (χ0) is 9.26. The monoisotopic (exact) mass is 200 g/mol. The van der Waals surface area contributed by atoms with Crippen molar-refractivity contribution < 1.29 is 0 Å². The van der Waals surface area contributed by atoms with Crippen molar-refractivity contribution in [2.24, 2.45) is 23.7 Å². The Morgan fingerprint density at radius 3 is 2.62 bits per heavy atom. The van der Waals surface area contributed by atoms with E-state index in [1.165, 1.54) is 32.1 Å². The minimum Gasteiger partial charge on any atom is -0.126 e. The SMILES string of the molecule is CCC(CCl)CC1CC2CCC1C2. The molecular weight excluding hydrogens is 180 g/mol. The molecule has 2 aliphatic carbocycles. The predicted molar refractivity (Wildman–Crippen MR) is 58.1 cm³/mol. The summed E-state index contributed by atoms with van der Waals surface area (Å²) in [5, 5.41) is 0. The van der Waals surface area contributed by atoms with Crippen LogP contribution in [0.2, 0.25) is 0 Å². The third-order valence-electron chi connectivity index (χ3n) is 4.32. The lowest BCUT2D eigenvalue weighted by atomic mass is 9.82. The van der Waals surface area contributed by atoms with Crippen LogP contribution in [0.5, 0.6) is 0 Å². The fourth-order valence-electron chi connectivity index (χ4n) is 3.43. The van der Waals surface area contributed by atoms with Gasteiger partial charge < -0.3 is 0 Å². The molecule has 76 valence electrons. The lowest BCUT2D eigenvalue weighted by Crippen LogP contribution is -2.15. The van der Waals surface area contributed by atoms with E-state index in [-0.39, 0.29) is 0 Å². The zero-order valence-corrected chi connectivity index (χ0v) is 9.39. The Morgan fingerprint density at radius 2 is 2.15 bits per heavy atom. The van der Waals surface area contributed by atoms with Gasteiger partial charge in [-0.1, -0.05) is 19.8 Å². The first-order valence-corrected chi connectivity index (χ1v) is 6.42. The van der Waals surface area contributed by atoms with E-state index < -0.39 is 0 Å². The highest BCUT2D eigenvalue weighted by atomic mass is 35.5. The molecular formula is C12H21Cl. The van der Waals surface area contributed by atoms with Gasteiger partial charge in [-0.15, -0.1) is 11.6 Å². The molecule has 0 spiro atoms. The molecule has 1 heteroatoms. The number of rotatable bonds is 4.